The minimum Gasteiger partial charge on any atom is -0.444 e. The Morgan fingerprint density at radius 1 is 0.935 bits per heavy atom. The quantitative estimate of drug-likeness (QED) is 0.419. The molecule has 0 fully saturated rings. The summed E-state index contributed by atoms with van der Waals surface area (Å²) in [5.41, 5.74) is 6.40. The van der Waals surface area contributed by atoms with Gasteiger partial charge in [-0.2, -0.15) is 9.78 Å². The highest BCUT2D eigenvalue weighted by Gasteiger charge is 2.17. The maximum absolute atomic E-state index is 13.4. The van der Waals surface area contributed by atoms with Crippen LogP contribution in [0.2, 0.25) is 0 Å². The van der Waals surface area contributed by atoms with Gasteiger partial charge in [-0.15, -0.1) is 0 Å². The summed E-state index contributed by atoms with van der Waals surface area (Å²) >= 11 is 0. The zero-order valence-corrected chi connectivity index (χ0v) is 17.5. The lowest BCUT2D eigenvalue weighted by molar-refractivity contribution is 0.572. The monoisotopic (exact) mass is 408 g/mol. The van der Waals surface area contributed by atoms with E-state index in [9.17, 15) is 4.79 Å². The van der Waals surface area contributed by atoms with E-state index < -0.39 is 0 Å². The molecule has 0 unspecified atom stereocenters. The standard InChI is InChI=1S/C25H20N4O2/c1-15-10-18(21-13-26-14-31-21)12-19(11-15)22-20-8-5-9-27-23(20)25(30)29(28-22)24-16(2)6-4-7-17(24)3/h4-14H,1-3H3. The first-order chi connectivity index (χ1) is 15.0. The summed E-state index contributed by atoms with van der Waals surface area (Å²) in [4.78, 5) is 21.8. The predicted octanol–water partition coefficient (Wildman–Crippen LogP) is 5.03. The van der Waals surface area contributed by atoms with Crippen LogP contribution in [0.15, 0.2) is 76.5 Å². The van der Waals surface area contributed by atoms with Gasteiger partial charge in [-0.05, 0) is 67.8 Å². The summed E-state index contributed by atoms with van der Waals surface area (Å²) in [5.74, 6) is 0.676. The van der Waals surface area contributed by atoms with Gasteiger partial charge in [-0.3, -0.25) is 9.78 Å². The number of hydrogen-bond donors (Lipinski definition) is 0. The molecule has 5 aromatic rings. The molecule has 152 valence electrons. The molecule has 3 heterocycles. The van der Waals surface area contributed by atoms with E-state index in [0.717, 1.165) is 33.5 Å². The van der Waals surface area contributed by atoms with E-state index in [0.29, 0.717) is 22.4 Å². The summed E-state index contributed by atoms with van der Waals surface area (Å²) < 4.78 is 6.98. The van der Waals surface area contributed by atoms with Crippen LogP contribution in [-0.4, -0.2) is 19.7 Å². The number of pyridine rings is 1. The molecular weight excluding hydrogens is 388 g/mol. The highest BCUT2D eigenvalue weighted by Crippen LogP contribution is 2.30. The average molecular weight is 408 g/mol. The van der Waals surface area contributed by atoms with Crippen LogP contribution in [0.5, 0.6) is 0 Å². The Morgan fingerprint density at radius 2 is 1.71 bits per heavy atom. The summed E-state index contributed by atoms with van der Waals surface area (Å²) in [6.07, 6.45) is 4.73. The van der Waals surface area contributed by atoms with Crippen LogP contribution in [0.1, 0.15) is 16.7 Å². The van der Waals surface area contributed by atoms with Crippen molar-refractivity contribution >= 4 is 10.9 Å². The number of oxazole rings is 1. The fourth-order valence-corrected chi connectivity index (χ4v) is 3.99. The maximum Gasteiger partial charge on any atom is 0.298 e. The van der Waals surface area contributed by atoms with E-state index in [1.165, 1.54) is 11.1 Å². The second-order valence-electron chi connectivity index (χ2n) is 7.66. The van der Waals surface area contributed by atoms with Gasteiger partial charge < -0.3 is 4.42 Å². The predicted molar refractivity (Wildman–Crippen MR) is 120 cm³/mol. The van der Waals surface area contributed by atoms with Crippen molar-refractivity contribution in [1.82, 2.24) is 19.7 Å². The lowest BCUT2D eigenvalue weighted by Gasteiger charge is -2.15. The molecule has 0 bridgehead atoms. The van der Waals surface area contributed by atoms with E-state index >= 15 is 0 Å². The Morgan fingerprint density at radius 3 is 2.45 bits per heavy atom. The molecule has 3 aromatic heterocycles. The third kappa shape index (κ3) is 3.22. The Hall–Kier alpha value is -4.06. The van der Waals surface area contributed by atoms with E-state index in [4.69, 9.17) is 9.52 Å². The minimum absolute atomic E-state index is 0.236. The molecule has 0 aliphatic carbocycles. The second kappa shape index (κ2) is 7.32. The van der Waals surface area contributed by atoms with Crippen molar-refractivity contribution in [2.24, 2.45) is 0 Å². The van der Waals surface area contributed by atoms with Gasteiger partial charge in [-0.1, -0.05) is 18.2 Å². The summed E-state index contributed by atoms with van der Waals surface area (Å²) in [6, 6.07) is 15.7. The molecule has 0 radical (unpaired) electrons. The number of nitrogens with zero attached hydrogens (tertiary/aromatic N) is 4. The van der Waals surface area contributed by atoms with Gasteiger partial charge in [-0.25, -0.2) is 4.98 Å². The normalized spacial score (nSPS) is 11.2. The SMILES string of the molecule is Cc1cc(-c2cnco2)cc(-c2nn(-c3c(C)cccc3C)c(=O)c3ncccc23)c1. The van der Waals surface area contributed by atoms with Crippen LogP contribution in [0.4, 0.5) is 0 Å². The molecule has 0 saturated carbocycles. The summed E-state index contributed by atoms with van der Waals surface area (Å²) in [6.45, 7) is 5.98. The molecule has 0 atom stereocenters. The Labute approximate surface area is 178 Å². The third-order valence-corrected chi connectivity index (χ3v) is 5.38. The number of fused-ring (bicyclic) bond motifs is 1. The van der Waals surface area contributed by atoms with Crippen LogP contribution in [0.25, 0.3) is 39.2 Å². The molecule has 0 N–H and O–H groups in total. The molecule has 5 rings (SSSR count). The number of aryl methyl sites for hydroxylation is 3. The molecule has 0 saturated heterocycles. The molecular formula is C25H20N4O2. The third-order valence-electron chi connectivity index (χ3n) is 5.38. The summed E-state index contributed by atoms with van der Waals surface area (Å²) in [5, 5.41) is 5.56. The topological polar surface area (TPSA) is 73.8 Å². The number of para-hydroxylation sites is 1. The molecule has 0 aliphatic rings. The molecule has 2 aromatic carbocycles. The van der Waals surface area contributed by atoms with Crippen LogP contribution in [-0.2, 0) is 0 Å². The average Bonchev–Trinajstić information content (AvgIpc) is 3.30. The van der Waals surface area contributed by atoms with Gasteiger partial charge >= 0.3 is 0 Å². The number of benzene rings is 2. The van der Waals surface area contributed by atoms with Gasteiger partial charge in [0, 0.05) is 22.7 Å². The van der Waals surface area contributed by atoms with Crippen molar-refractivity contribution in [3.63, 3.8) is 0 Å². The van der Waals surface area contributed by atoms with Gasteiger partial charge in [0.15, 0.2) is 12.2 Å². The van der Waals surface area contributed by atoms with E-state index in [1.807, 2.05) is 69.3 Å². The molecule has 31 heavy (non-hydrogen) atoms. The zero-order chi connectivity index (χ0) is 21.5. The lowest BCUT2D eigenvalue weighted by atomic mass is 10.0. The van der Waals surface area contributed by atoms with Crippen molar-refractivity contribution in [1.29, 1.82) is 0 Å². The highest BCUT2D eigenvalue weighted by molar-refractivity contribution is 5.92. The minimum atomic E-state index is -0.236. The number of rotatable bonds is 3. The van der Waals surface area contributed by atoms with Crippen LogP contribution in [0, 0.1) is 20.8 Å². The van der Waals surface area contributed by atoms with Crippen molar-refractivity contribution in [2.75, 3.05) is 0 Å². The number of aromatic nitrogens is 4. The molecule has 0 amide bonds. The molecule has 0 spiro atoms. The van der Waals surface area contributed by atoms with E-state index in [1.54, 1.807) is 12.4 Å². The van der Waals surface area contributed by atoms with Crippen molar-refractivity contribution < 1.29 is 4.42 Å². The zero-order valence-electron chi connectivity index (χ0n) is 17.5. The van der Waals surface area contributed by atoms with Crippen LogP contribution in [0.3, 0.4) is 0 Å². The maximum atomic E-state index is 13.4. The molecule has 0 aliphatic heterocycles. The summed E-state index contributed by atoms with van der Waals surface area (Å²) in [7, 11) is 0. The smallest absolute Gasteiger partial charge is 0.298 e. The first-order valence-corrected chi connectivity index (χ1v) is 9.98. The van der Waals surface area contributed by atoms with E-state index in [-0.39, 0.29) is 5.56 Å². The largest absolute Gasteiger partial charge is 0.444 e. The Balaban J connectivity index is 1.85. The fraction of sp³-hybridized carbons (Fsp3) is 0.120. The van der Waals surface area contributed by atoms with Crippen LogP contribution >= 0.6 is 0 Å². The Kier molecular flexibility index (Phi) is 4.47. The fourth-order valence-electron chi connectivity index (χ4n) is 3.99. The second-order valence-corrected chi connectivity index (χ2v) is 7.66. The number of hydrogen-bond acceptors (Lipinski definition) is 5. The first kappa shape index (κ1) is 18.9. The molecule has 6 nitrogen and oxygen atoms in total. The van der Waals surface area contributed by atoms with E-state index in [2.05, 4.69) is 9.97 Å². The van der Waals surface area contributed by atoms with Gasteiger partial charge in [0.1, 0.15) is 11.2 Å². The molecule has 6 heteroatoms. The Bertz CT molecular complexity index is 1460. The van der Waals surface area contributed by atoms with Crippen molar-refractivity contribution in [2.45, 2.75) is 20.8 Å². The first-order valence-electron chi connectivity index (χ1n) is 9.98. The lowest BCUT2D eigenvalue weighted by Crippen LogP contribution is -2.24. The van der Waals surface area contributed by atoms with Gasteiger partial charge in [0.25, 0.3) is 5.56 Å². The van der Waals surface area contributed by atoms with Crippen molar-refractivity contribution in [3.8, 4) is 28.3 Å². The van der Waals surface area contributed by atoms with Gasteiger partial charge in [0.2, 0.25) is 0 Å². The van der Waals surface area contributed by atoms with Crippen LogP contribution < -0.4 is 5.56 Å². The van der Waals surface area contributed by atoms with Gasteiger partial charge in [0.05, 0.1) is 11.9 Å². The van der Waals surface area contributed by atoms with Crippen molar-refractivity contribution in [3.05, 3.63) is 94.4 Å². The highest BCUT2D eigenvalue weighted by atomic mass is 16.3.